The van der Waals surface area contributed by atoms with Crippen LogP contribution in [0.1, 0.15) is 37.3 Å². The van der Waals surface area contributed by atoms with Crippen molar-refractivity contribution in [2.75, 3.05) is 14.2 Å². The van der Waals surface area contributed by atoms with Crippen LogP contribution in [-0.2, 0) is 0 Å². The number of rotatable bonds is 2. The summed E-state index contributed by atoms with van der Waals surface area (Å²) in [5.74, 6) is 1.37. The number of methoxy groups -OCH3 is 1. The first-order valence-electron chi connectivity index (χ1n) is 6.51. The molecule has 3 nitrogen and oxygen atoms in total. The zero-order chi connectivity index (χ0) is 11.8. The summed E-state index contributed by atoms with van der Waals surface area (Å²) in [6.45, 7) is 0. The number of aromatic nitrogens is 1. The maximum atomic E-state index is 5.21. The molecule has 3 heteroatoms. The van der Waals surface area contributed by atoms with Gasteiger partial charge >= 0.3 is 0 Å². The zero-order valence-corrected chi connectivity index (χ0v) is 10.6. The summed E-state index contributed by atoms with van der Waals surface area (Å²) in [5.41, 5.74) is 1.22. The second-order valence-corrected chi connectivity index (χ2v) is 5.32. The third kappa shape index (κ3) is 1.93. The normalized spacial score (nSPS) is 32.7. The Labute approximate surface area is 103 Å². The van der Waals surface area contributed by atoms with Gasteiger partial charge in [-0.05, 0) is 38.8 Å². The molecule has 1 aromatic heterocycles. The van der Waals surface area contributed by atoms with Gasteiger partial charge in [0.1, 0.15) is 0 Å². The molecular weight excluding hydrogens is 212 g/mol. The SMILES string of the molecule is COc1cccc(C2C[C@H]3CC[C@@H](C2)N3C)n1. The van der Waals surface area contributed by atoms with Gasteiger partial charge in [0, 0.05) is 29.8 Å². The summed E-state index contributed by atoms with van der Waals surface area (Å²) < 4.78 is 5.21. The summed E-state index contributed by atoms with van der Waals surface area (Å²) in [7, 11) is 3.96. The smallest absolute Gasteiger partial charge is 0.213 e. The maximum Gasteiger partial charge on any atom is 0.213 e. The average Bonchev–Trinajstić information content (AvgIpc) is 2.61. The topological polar surface area (TPSA) is 25.4 Å². The number of piperidine rings is 1. The van der Waals surface area contributed by atoms with Crippen LogP contribution in [-0.4, -0.2) is 36.1 Å². The minimum atomic E-state index is 0.624. The van der Waals surface area contributed by atoms with E-state index in [-0.39, 0.29) is 0 Å². The van der Waals surface area contributed by atoms with Crippen LogP contribution >= 0.6 is 0 Å². The van der Waals surface area contributed by atoms with Gasteiger partial charge in [-0.2, -0.15) is 0 Å². The maximum absolute atomic E-state index is 5.21. The monoisotopic (exact) mass is 232 g/mol. The van der Waals surface area contributed by atoms with Gasteiger partial charge in [0.25, 0.3) is 0 Å². The molecule has 3 atom stereocenters. The largest absolute Gasteiger partial charge is 0.481 e. The Morgan fingerprint density at radius 3 is 2.59 bits per heavy atom. The molecule has 0 spiro atoms. The van der Waals surface area contributed by atoms with Crippen LogP contribution in [0.3, 0.4) is 0 Å². The predicted octanol–water partition coefficient (Wildman–Crippen LogP) is 2.43. The van der Waals surface area contributed by atoms with Crippen molar-refractivity contribution in [2.24, 2.45) is 0 Å². The van der Waals surface area contributed by atoms with E-state index in [1.54, 1.807) is 7.11 Å². The van der Waals surface area contributed by atoms with Crippen LogP contribution in [0.15, 0.2) is 18.2 Å². The fourth-order valence-corrected chi connectivity index (χ4v) is 3.42. The van der Waals surface area contributed by atoms with E-state index in [4.69, 9.17) is 4.74 Å². The zero-order valence-electron chi connectivity index (χ0n) is 10.6. The fraction of sp³-hybridized carbons (Fsp3) is 0.643. The molecule has 2 fully saturated rings. The van der Waals surface area contributed by atoms with Crippen LogP contribution in [0.4, 0.5) is 0 Å². The summed E-state index contributed by atoms with van der Waals surface area (Å²) in [6, 6.07) is 7.67. The van der Waals surface area contributed by atoms with Crippen molar-refractivity contribution >= 4 is 0 Å². The molecule has 0 saturated carbocycles. The van der Waals surface area contributed by atoms with Crippen molar-refractivity contribution in [1.82, 2.24) is 9.88 Å². The summed E-state index contributed by atoms with van der Waals surface area (Å²) >= 11 is 0. The Morgan fingerprint density at radius 2 is 1.94 bits per heavy atom. The first-order chi connectivity index (χ1) is 8.28. The molecule has 17 heavy (non-hydrogen) atoms. The van der Waals surface area contributed by atoms with Crippen molar-refractivity contribution in [3.63, 3.8) is 0 Å². The van der Waals surface area contributed by atoms with E-state index in [0.717, 1.165) is 18.0 Å². The van der Waals surface area contributed by atoms with Crippen LogP contribution < -0.4 is 4.74 Å². The molecule has 2 saturated heterocycles. The van der Waals surface area contributed by atoms with Crippen molar-refractivity contribution in [2.45, 2.75) is 43.7 Å². The van der Waals surface area contributed by atoms with Gasteiger partial charge in [0.2, 0.25) is 5.88 Å². The summed E-state index contributed by atoms with van der Waals surface area (Å²) in [5, 5.41) is 0. The highest BCUT2D eigenvalue weighted by molar-refractivity contribution is 5.20. The van der Waals surface area contributed by atoms with Crippen LogP contribution in [0.25, 0.3) is 0 Å². The summed E-state index contributed by atoms with van der Waals surface area (Å²) in [6.07, 6.45) is 5.24. The van der Waals surface area contributed by atoms with Gasteiger partial charge in [-0.3, -0.25) is 0 Å². The molecule has 0 aromatic carbocycles. The van der Waals surface area contributed by atoms with Crippen LogP contribution in [0.2, 0.25) is 0 Å². The van der Waals surface area contributed by atoms with Gasteiger partial charge in [0.05, 0.1) is 7.11 Å². The first-order valence-corrected chi connectivity index (χ1v) is 6.51. The highest BCUT2D eigenvalue weighted by Crippen LogP contribution is 2.41. The van der Waals surface area contributed by atoms with Crippen molar-refractivity contribution < 1.29 is 4.74 Å². The lowest BCUT2D eigenvalue weighted by molar-refractivity contribution is 0.160. The van der Waals surface area contributed by atoms with Crippen LogP contribution in [0, 0.1) is 0 Å². The molecule has 2 bridgehead atoms. The lowest BCUT2D eigenvalue weighted by Crippen LogP contribution is -2.39. The fourth-order valence-electron chi connectivity index (χ4n) is 3.42. The third-order valence-corrected chi connectivity index (χ3v) is 4.47. The number of ether oxygens (including phenoxy) is 1. The molecule has 2 aliphatic rings. The molecular formula is C14H20N2O. The van der Waals surface area contributed by atoms with Gasteiger partial charge in [0.15, 0.2) is 0 Å². The Kier molecular flexibility index (Phi) is 2.79. The standard InChI is InChI=1S/C14H20N2O/c1-16-11-6-7-12(16)9-10(8-11)13-4-3-5-14(15-13)17-2/h3-5,10-12H,6-9H2,1-2H3/t10?,11-,12+. The van der Waals surface area contributed by atoms with E-state index < -0.39 is 0 Å². The number of hydrogen-bond donors (Lipinski definition) is 0. The molecule has 0 radical (unpaired) electrons. The van der Waals surface area contributed by atoms with Gasteiger partial charge < -0.3 is 9.64 Å². The highest BCUT2D eigenvalue weighted by atomic mass is 16.5. The Morgan fingerprint density at radius 1 is 1.24 bits per heavy atom. The van der Waals surface area contributed by atoms with Gasteiger partial charge in [-0.1, -0.05) is 6.07 Å². The molecule has 2 aliphatic heterocycles. The van der Waals surface area contributed by atoms with Crippen LogP contribution in [0.5, 0.6) is 5.88 Å². The van der Waals surface area contributed by atoms with E-state index in [1.165, 1.54) is 31.4 Å². The van der Waals surface area contributed by atoms with E-state index in [1.807, 2.05) is 6.07 Å². The predicted molar refractivity (Wildman–Crippen MR) is 67.3 cm³/mol. The molecule has 1 unspecified atom stereocenters. The van der Waals surface area contributed by atoms with Crippen molar-refractivity contribution in [3.05, 3.63) is 23.9 Å². The first kappa shape index (κ1) is 11.0. The lowest BCUT2D eigenvalue weighted by atomic mass is 9.88. The molecule has 0 aliphatic carbocycles. The number of hydrogen-bond acceptors (Lipinski definition) is 3. The number of nitrogens with zero attached hydrogens (tertiary/aromatic N) is 2. The molecule has 92 valence electrons. The Balaban J connectivity index is 1.81. The number of fused-ring (bicyclic) bond motifs is 2. The third-order valence-electron chi connectivity index (χ3n) is 4.47. The lowest BCUT2D eigenvalue weighted by Gasteiger charge is -2.36. The minimum Gasteiger partial charge on any atom is -0.481 e. The summed E-state index contributed by atoms with van der Waals surface area (Å²) in [4.78, 5) is 7.16. The van der Waals surface area contributed by atoms with E-state index in [9.17, 15) is 0 Å². The van der Waals surface area contributed by atoms with E-state index in [2.05, 4.69) is 29.1 Å². The molecule has 3 heterocycles. The van der Waals surface area contributed by atoms with Gasteiger partial charge in [-0.15, -0.1) is 0 Å². The van der Waals surface area contributed by atoms with Crippen molar-refractivity contribution in [3.8, 4) is 5.88 Å². The second-order valence-electron chi connectivity index (χ2n) is 5.32. The molecule has 0 amide bonds. The molecule has 3 rings (SSSR count). The van der Waals surface area contributed by atoms with Crippen molar-refractivity contribution in [1.29, 1.82) is 0 Å². The quantitative estimate of drug-likeness (QED) is 0.783. The van der Waals surface area contributed by atoms with E-state index >= 15 is 0 Å². The molecule has 1 aromatic rings. The Hall–Kier alpha value is -1.09. The van der Waals surface area contributed by atoms with Gasteiger partial charge in [-0.25, -0.2) is 4.98 Å². The number of pyridine rings is 1. The second kappa shape index (κ2) is 4.30. The highest BCUT2D eigenvalue weighted by Gasteiger charge is 2.39. The van der Waals surface area contributed by atoms with E-state index in [0.29, 0.717) is 5.92 Å². The molecule has 0 N–H and O–H groups in total. The average molecular weight is 232 g/mol. The Bertz CT molecular complexity index is 393. The minimum absolute atomic E-state index is 0.624.